The minimum Gasteiger partial charge on any atom is -0.508 e. The Hall–Kier alpha value is -1.15. The summed E-state index contributed by atoms with van der Waals surface area (Å²) in [5.41, 5.74) is 0.975. The Bertz CT molecular complexity index is 495. The molecule has 0 unspecified atom stereocenters. The maximum absolute atomic E-state index is 11.9. The van der Waals surface area contributed by atoms with Gasteiger partial charge in [0.1, 0.15) is 5.75 Å². The van der Waals surface area contributed by atoms with Crippen LogP contribution in [0.2, 0.25) is 0 Å². The number of phenolic OH excluding ortho intramolecular Hbond substituents is 1. The van der Waals surface area contributed by atoms with E-state index in [1.165, 1.54) is 4.31 Å². The summed E-state index contributed by atoms with van der Waals surface area (Å²) in [4.78, 5) is 0. The topological polar surface area (TPSA) is 78.9 Å². The van der Waals surface area contributed by atoms with Gasteiger partial charge in [-0.1, -0.05) is 12.1 Å². The number of ether oxygens (including phenoxy) is 1. The van der Waals surface area contributed by atoms with Crippen molar-refractivity contribution in [2.75, 3.05) is 32.8 Å². The molecular formula is C12H18N2O4S. The Labute approximate surface area is 113 Å². The molecule has 19 heavy (non-hydrogen) atoms. The number of hydrogen-bond acceptors (Lipinski definition) is 4. The van der Waals surface area contributed by atoms with Gasteiger partial charge in [-0.05, 0) is 24.1 Å². The Morgan fingerprint density at radius 2 is 1.84 bits per heavy atom. The van der Waals surface area contributed by atoms with Gasteiger partial charge in [0.2, 0.25) is 0 Å². The van der Waals surface area contributed by atoms with Crippen molar-refractivity contribution < 1.29 is 18.3 Å². The summed E-state index contributed by atoms with van der Waals surface area (Å²) in [6, 6.07) is 6.73. The molecule has 106 valence electrons. The second kappa shape index (κ2) is 6.33. The monoisotopic (exact) mass is 286 g/mol. The first-order valence-electron chi connectivity index (χ1n) is 6.18. The van der Waals surface area contributed by atoms with E-state index in [-0.39, 0.29) is 5.75 Å². The van der Waals surface area contributed by atoms with Crippen LogP contribution in [0, 0.1) is 0 Å². The van der Waals surface area contributed by atoms with Crippen molar-refractivity contribution >= 4 is 10.2 Å². The van der Waals surface area contributed by atoms with Crippen LogP contribution in [0.4, 0.5) is 0 Å². The first-order valence-corrected chi connectivity index (χ1v) is 7.62. The fraction of sp³-hybridized carbons (Fsp3) is 0.500. The van der Waals surface area contributed by atoms with Gasteiger partial charge in [-0.3, -0.25) is 0 Å². The van der Waals surface area contributed by atoms with Gasteiger partial charge in [-0.25, -0.2) is 4.72 Å². The molecule has 0 radical (unpaired) electrons. The van der Waals surface area contributed by atoms with Crippen LogP contribution in [0.5, 0.6) is 5.75 Å². The van der Waals surface area contributed by atoms with Crippen LogP contribution in [-0.2, 0) is 21.4 Å². The number of phenols is 1. The lowest BCUT2D eigenvalue weighted by Gasteiger charge is -2.26. The highest BCUT2D eigenvalue weighted by Crippen LogP contribution is 2.10. The molecule has 1 saturated heterocycles. The van der Waals surface area contributed by atoms with E-state index in [1.807, 2.05) is 0 Å². The summed E-state index contributed by atoms with van der Waals surface area (Å²) in [5, 5.41) is 9.15. The molecular weight excluding hydrogens is 268 g/mol. The van der Waals surface area contributed by atoms with E-state index < -0.39 is 10.2 Å². The zero-order chi connectivity index (χ0) is 13.7. The molecule has 7 heteroatoms. The van der Waals surface area contributed by atoms with Crippen LogP contribution < -0.4 is 4.72 Å². The molecule has 1 aliphatic heterocycles. The fourth-order valence-corrected chi connectivity index (χ4v) is 3.04. The largest absolute Gasteiger partial charge is 0.508 e. The lowest BCUT2D eigenvalue weighted by molar-refractivity contribution is 0.0725. The molecule has 0 aliphatic carbocycles. The van der Waals surface area contributed by atoms with Crippen LogP contribution in [0.15, 0.2) is 24.3 Å². The van der Waals surface area contributed by atoms with E-state index in [9.17, 15) is 8.42 Å². The molecule has 6 nitrogen and oxygen atoms in total. The molecule has 0 atom stereocenters. The highest BCUT2D eigenvalue weighted by molar-refractivity contribution is 7.87. The zero-order valence-electron chi connectivity index (χ0n) is 10.6. The number of nitrogens with one attached hydrogen (secondary N) is 1. The van der Waals surface area contributed by atoms with Crippen molar-refractivity contribution in [2.45, 2.75) is 6.42 Å². The maximum atomic E-state index is 11.9. The van der Waals surface area contributed by atoms with Gasteiger partial charge in [0.25, 0.3) is 10.2 Å². The van der Waals surface area contributed by atoms with Crippen LogP contribution in [0.3, 0.4) is 0 Å². The number of rotatable bonds is 5. The zero-order valence-corrected chi connectivity index (χ0v) is 11.4. The third-order valence-electron chi connectivity index (χ3n) is 2.94. The van der Waals surface area contributed by atoms with Gasteiger partial charge in [0.05, 0.1) is 13.2 Å². The Balaban J connectivity index is 1.82. The van der Waals surface area contributed by atoms with Gasteiger partial charge in [0, 0.05) is 19.6 Å². The molecule has 1 aliphatic rings. The van der Waals surface area contributed by atoms with E-state index in [1.54, 1.807) is 24.3 Å². The van der Waals surface area contributed by atoms with Crippen molar-refractivity contribution in [3.63, 3.8) is 0 Å². The minimum atomic E-state index is -3.41. The lowest BCUT2D eigenvalue weighted by atomic mass is 10.1. The molecule has 0 bridgehead atoms. The van der Waals surface area contributed by atoms with Crippen molar-refractivity contribution in [1.29, 1.82) is 0 Å². The second-order valence-electron chi connectivity index (χ2n) is 4.33. The third kappa shape index (κ3) is 4.17. The third-order valence-corrected chi connectivity index (χ3v) is 4.56. The number of morpholine rings is 1. The first kappa shape index (κ1) is 14.3. The van der Waals surface area contributed by atoms with Crippen LogP contribution in [0.1, 0.15) is 5.56 Å². The summed E-state index contributed by atoms with van der Waals surface area (Å²) in [7, 11) is -3.41. The molecule has 0 amide bonds. The van der Waals surface area contributed by atoms with E-state index in [4.69, 9.17) is 9.84 Å². The number of nitrogens with zero attached hydrogens (tertiary/aromatic N) is 1. The molecule has 1 heterocycles. The number of benzene rings is 1. The van der Waals surface area contributed by atoms with Crippen molar-refractivity contribution in [3.05, 3.63) is 29.8 Å². The predicted octanol–water partition coefficient (Wildman–Crippen LogP) is 0.101. The molecule has 0 spiro atoms. The highest BCUT2D eigenvalue weighted by Gasteiger charge is 2.23. The average molecular weight is 286 g/mol. The quantitative estimate of drug-likeness (QED) is 0.805. The average Bonchev–Trinajstić information content (AvgIpc) is 2.42. The Morgan fingerprint density at radius 1 is 1.21 bits per heavy atom. The molecule has 2 rings (SSSR count). The predicted molar refractivity (Wildman–Crippen MR) is 71.1 cm³/mol. The SMILES string of the molecule is O=S(=O)(NCCc1ccc(O)cc1)N1CCOCC1. The van der Waals surface area contributed by atoms with E-state index >= 15 is 0 Å². The van der Waals surface area contributed by atoms with Gasteiger partial charge >= 0.3 is 0 Å². The highest BCUT2D eigenvalue weighted by atomic mass is 32.2. The molecule has 0 aromatic heterocycles. The van der Waals surface area contributed by atoms with Crippen molar-refractivity contribution in [2.24, 2.45) is 0 Å². The number of hydrogen-bond donors (Lipinski definition) is 2. The summed E-state index contributed by atoms with van der Waals surface area (Å²) < 4.78 is 33.0. The molecule has 0 saturated carbocycles. The van der Waals surface area contributed by atoms with Crippen LogP contribution >= 0.6 is 0 Å². The van der Waals surface area contributed by atoms with Crippen LogP contribution in [0.25, 0.3) is 0 Å². The van der Waals surface area contributed by atoms with Gasteiger partial charge in [-0.2, -0.15) is 12.7 Å². The summed E-state index contributed by atoms with van der Waals surface area (Å²) in [5.74, 6) is 0.206. The minimum absolute atomic E-state index is 0.206. The van der Waals surface area contributed by atoms with Crippen molar-refractivity contribution in [3.8, 4) is 5.75 Å². The smallest absolute Gasteiger partial charge is 0.279 e. The second-order valence-corrected chi connectivity index (χ2v) is 6.08. The standard InChI is InChI=1S/C12H18N2O4S/c15-12-3-1-11(2-4-12)5-6-13-19(16,17)14-7-9-18-10-8-14/h1-4,13,15H,5-10H2. The first-order chi connectivity index (χ1) is 9.08. The maximum Gasteiger partial charge on any atom is 0.279 e. The Kier molecular flexibility index (Phi) is 4.76. The summed E-state index contributed by atoms with van der Waals surface area (Å²) in [6.07, 6.45) is 0.587. The lowest BCUT2D eigenvalue weighted by Crippen LogP contribution is -2.47. The fourth-order valence-electron chi connectivity index (χ4n) is 1.87. The molecule has 2 N–H and O–H groups in total. The summed E-state index contributed by atoms with van der Waals surface area (Å²) in [6.45, 7) is 2.02. The normalized spacial score (nSPS) is 17.5. The van der Waals surface area contributed by atoms with E-state index in [2.05, 4.69) is 4.72 Å². The van der Waals surface area contributed by atoms with Gasteiger partial charge < -0.3 is 9.84 Å². The van der Waals surface area contributed by atoms with E-state index in [0.717, 1.165) is 5.56 Å². The van der Waals surface area contributed by atoms with Gasteiger partial charge in [0.15, 0.2) is 0 Å². The summed E-state index contributed by atoms with van der Waals surface area (Å²) >= 11 is 0. The van der Waals surface area contributed by atoms with Crippen LogP contribution in [-0.4, -0.2) is 50.7 Å². The van der Waals surface area contributed by atoms with Gasteiger partial charge in [-0.15, -0.1) is 0 Å². The Morgan fingerprint density at radius 3 is 2.47 bits per heavy atom. The molecule has 1 fully saturated rings. The van der Waals surface area contributed by atoms with E-state index in [0.29, 0.717) is 39.3 Å². The molecule has 1 aromatic rings. The molecule has 1 aromatic carbocycles. The number of aromatic hydroxyl groups is 1. The van der Waals surface area contributed by atoms with Crippen molar-refractivity contribution in [1.82, 2.24) is 9.03 Å².